The van der Waals surface area contributed by atoms with Gasteiger partial charge in [0.1, 0.15) is 0 Å². The minimum absolute atomic E-state index is 0.112. The Morgan fingerprint density at radius 3 is 2.78 bits per heavy atom. The van der Waals surface area contributed by atoms with Gasteiger partial charge in [0.25, 0.3) is 0 Å². The zero-order chi connectivity index (χ0) is 18.6. The Balaban J connectivity index is 1.33. The van der Waals surface area contributed by atoms with Gasteiger partial charge in [0.05, 0.1) is 25.2 Å². The molecule has 0 aliphatic carbocycles. The van der Waals surface area contributed by atoms with Crippen LogP contribution >= 0.6 is 11.3 Å². The maximum atomic E-state index is 12.4. The maximum absolute atomic E-state index is 12.4. The predicted octanol–water partition coefficient (Wildman–Crippen LogP) is 2.88. The lowest BCUT2D eigenvalue weighted by atomic mass is 10.2. The van der Waals surface area contributed by atoms with Gasteiger partial charge >= 0.3 is 6.03 Å². The van der Waals surface area contributed by atoms with Gasteiger partial charge < -0.3 is 15.5 Å². The molecule has 3 heterocycles. The summed E-state index contributed by atoms with van der Waals surface area (Å²) in [6.07, 6.45) is 0.320. The first-order valence-electron chi connectivity index (χ1n) is 8.64. The van der Waals surface area contributed by atoms with Crippen LogP contribution in [0.15, 0.2) is 47.8 Å². The molecule has 27 heavy (non-hydrogen) atoms. The summed E-state index contributed by atoms with van der Waals surface area (Å²) in [6, 6.07) is 13.5. The molecular weight excluding hydrogens is 362 g/mol. The first-order valence-corrected chi connectivity index (χ1v) is 9.52. The van der Waals surface area contributed by atoms with E-state index in [2.05, 4.69) is 20.8 Å². The zero-order valence-electron chi connectivity index (χ0n) is 14.6. The van der Waals surface area contributed by atoms with Gasteiger partial charge in [-0.1, -0.05) is 36.4 Å². The van der Waals surface area contributed by atoms with E-state index in [1.54, 1.807) is 16.2 Å². The Morgan fingerprint density at radius 2 is 2.00 bits per heavy atom. The molecule has 0 bridgehead atoms. The number of hydrogen-bond donors (Lipinski definition) is 3. The molecule has 2 aromatic heterocycles. The summed E-state index contributed by atoms with van der Waals surface area (Å²) in [5.74, 6) is 0.392. The number of nitrogens with one attached hydrogen (secondary N) is 3. The van der Waals surface area contributed by atoms with Gasteiger partial charge in [-0.2, -0.15) is 5.10 Å². The largest absolute Gasteiger partial charge is 0.334 e. The highest BCUT2D eigenvalue weighted by atomic mass is 32.1. The molecule has 1 aromatic carbocycles. The molecule has 3 amide bonds. The van der Waals surface area contributed by atoms with Crippen LogP contribution in [0.1, 0.15) is 21.7 Å². The third kappa shape index (κ3) is 4.01. The van der Waals surface area contributed by atoms with Crippen LogP contribution in [-0.2, 0) is 30.8 Å². The minimum atomic E-state index is -0.140. The van der Waals surface area contributed by atoms with Crippen LogP contribution in [-0.4, -0.2) is 27.0 Å². The average molecular weight is 381 g/mol. The topological polar surface area (TPSA) is 90.1 Å². The van der Waals surface area contributed by atoms with E-state index in [1.807, 2.05) is 47.8 Å². The number of hydrogen-bond acceptors (Lipinski definition) is 4. The highest BCUT2D eigenvalue weighted by molar-refractivity contribution is 7.10. The van der Waals surface area contributed by atoms with Crippen molar-refractivity contribution in [1.82, 2.24) is 20.4 Å². The minimum Gasteiger partial charge on any atom is -0.334 e. The summed E-state index contributed by atoms with van der Waals surface area (Å²) >= 11 is 1.55. The van der Waals surface area contributed by atoms with Crippen LogP contribution in [0.5, 0.6) is 0 Å². The summed E-state index contributed by atoms with van der Waals surface area (Å²) in [7, 11) is 0. The number of benzene rings is 1. The lowest BCUT2D eigenvalue weighted by molar-refractivity contribution is -0.115. The van der Waals surface area contributed by atoms with E-state index in [0.29, 0.717) is 31.9 Å². The van der Waals surface area contributed by atoms with Gasteiger partial charge in [0.15, 0.2) is 5.82 Å². The van der Waals surface area contributed by atoms with Crippen molar-refractivity contribution < 1.29 is 9.59 Å². The fourth-order valence-electron chi connectivity index (χ4n) is 3.02. The summed E-state index contributed by atoms with van der Waals surface area (Å²) in [5.41, 5.74) is 2.77. The predicted molar refractivity (Wildman–Crippen MR) is 103 cm³/mol. The maximum Gasteiger partial charge on any atom is 0.318 e. The molecule has 7 nitrogen and oxygen atoms in total. The Bertz CT molecular complexity index is 936. The number of aromatic nitrogens is 2. The van der Waals surface area contributed by atoms with Crippen molar-refractivity contribution in [2.24, 2.45) is 0 Å². The van der Waals surface area contributed by atoms with Gasteiger partial charge in [0.2, 0.25) is 5.91 Å². The Morgan fingerprint density at radius 1 is 1.15 bits per heavy atom. The van der Waals surface area contributed by atoms with Gasteiger partial charge in [-0.05, 0) is 17.0 Å². The molecule has 0 saturated heterocycles. The van der Waals surface area contributed by atoms with E-state index in [9.17, 15) is 9.59 Å². The smallest absolute Gasteiger partial charge is 0.318 e. The number of anilines is 1. The van der Waals surface area contributed by atoms with Crippen LogP contribution in [0.3, 0.4) is 0 Å². The number of carbonyl (C=O) groups excluding carboxylic acids is 2. The molecule has 3 aromatic rings. The van der Waals surface area contributed by atoms with Crippen molar-refractivity contribution >= 4 is 29.1 Å². The van der Waals surface area contributed by atoms with E-state index in [1.165, 1.54) is 0 Å². The van der Waals surface area contributed by atoms with E-state index < -0.39 is 0 Å². The van der Waals surface area contributed by atoms with Gasteiger partial charge in [-0.15, -0.1) is 11.3 Å². The second-order valence-electron chi connectivity index (χ2n) is 6.33. The number of rotatable bonds is 5. The summed E-state index contributed by atoms with van der Waals surface area (Å²) < 4.78 is 0. The first kappa shape index (κ1) is 17.3. The molecular formula is C19H19N5O2S. The van der Waals surface area contributed by atoms with Crippen molar-refractivity contribution in [3.63, 3.8) is 0 Å². The lowest BCUT2D eigenvalue weighted by Crippen LogP contribution is -2.36. The highest BCUT2D eigenvalue weighted by Gasteiger charge is 2.28. The molecule has 4 rings (SSSR count). The number of aromatic amines is 1. The van der Waals surface area contributed by atoms with E-state index in [0.717, 1.165) is 21.7 Å². The van der Waals surface area contributed by atoms with E-state index in [-0.39, 0.29) is 11.9 Å². The standard InChI is InChI=1S/C19H19N5O2S/c25-17(9-14-7-4-8-27-14)21-18-15-11-24(12-16(15)22-23-18)19(26)20-10-13-5-2-1-3-6-13/h1-8H,9-12H2,(H,20,26)(H2,21,22,23,25). The molecule has 0 spiro atoms. The number of H-pyrrole nitrogens is 1. The van der Waals surface area contributed by atoms with Crippen LogP contribution in [0, 0.1) is 0 Å². The van der Waals surface area contributed by atoms with Crippen LogP contribution in [0.25, 0.3) is 0 Å². The number of thiophene rings is 1. The van der Waals surface area contributed by atoms with Gasteiger partial charge in [-0.3, -0.25) is 9.89 Å². The number of urea groups is 1. The molecule has 3 N–H and O–H groups in total. The molecule has 0 fully saturated rings. The third-order valence-electron chi connectivity index (χ3n) is 4.40. The molecule has 0 atom stereocenters. The molecule has 0 saturated carbocycles. The Hall–Kier alpha value is -3.13. The van der Waals surface area contributed by atoms with Crippen molar-refractivity contribution in [3.05, 3.63) is 69.5 Å². The first-order chi connectivity index (χ1) is 13.2. The zero-order valence-corrected chi connectivity index (χ0v) is 15.4. The van der Waals surface area contributed by atoms with Crippen molar-refractivity contribution in [1.29, 1.82) is 0 Å². The summed E-state index contributed by atoms with van der Waals surface area (Å²) in [4.78, 5) is 27.3. The summed E-state index contributed by atoms with van der Waals surface area (Å²) in [5, 5.41) is 14.8. The molecule has 0 radical (unpaired) electrons. The fraction of sp³-hybridized carbons (Fsp3) is 0.211. The average Bonchev–Trinajstić information content (AvgIpc) is 3.39. The fourth-order valence-corrected chi connectivity index (χ4v) is 3.72. The summed E-state index contributed by atoms with van der Waals surface area (Å²) in [6.45, 7) is 1.34. The van der Waals surface area contributed by atoms with Crippen molar-refractivity contribution in [2.75, 3.05) is 5.32 Å². The number of amides is 3. The second-order valence-corrected chi connectivity index (χ2v) is 7.37. The van der Waals surface area contributed by atoms with E-state index >= 15 is 0 Å². The number of fused-ring (bicyclic) bond motifs is 1. The van der Waals surface area contributed by atoms with Gasteiger partial charge in [-0.25, -0.2) is 4.79 Å². The van der Waals surface area contributed by atoms with Crippen molar-refractivity contribution in [2.45, 2.75) is 26.1 Å². The van der Waals surface area contributed by atoms with Gasteiger partial charge in [0, 0.05) is 17.0 Å². The molecule has 8 heteroatoms. The van der Waals surface area contributed by atoms with Crippen LogP contribution in [0.2, 0.25) is 0 Å². The molecule has 1 aliphatic heterocycles. The molecule has 138 valence electrons. The third-order valence-corrected chi connectivity index (χ3v) is 5.27. The molecule has 1 aliphatic rings. The second kappa shape index (κ2) is 7.63. The van der Waals surface area contributed by atoms with E-state index in [4.69, 9.17) is 0 Å². The SMILES string of the molecule is O=C(Cc1cccs1)Nc1n[nH]c2c1CN(C(=O)NCc1ccccc1)C2. The Kier molecular flexibility index (Phi) is 4.88. The van der Waals surface area contributed by atoms with Crippen molar-refractivity contribution in [3.8, 4) is 0 Å². The lowest BCUT2D eigenvalue weighted by Gasteiger charge is -2.16. The molecule has 0 unspecified atom stereocenters. The number of nitrogens with zero attached hydrogens (tertiary/aromatic N) is 2. The van der Waals surface area contributed by atoms with Crippen LogP contribution < -0.4 is 10.6 Å². The van der Waals surface area contributed by atoms with Crippen LogP contribution in [0.4, 0.5) is 10.6 Å². The normalized spacial score (nSPS) is 12.7. The highest BCUT2D eigenvalue weighted by Crippen LogP contribution is 2.27. The monoisotopic (exact) mass is 381 g/mol. The quantitative estimate of drug-likeness (QED) is 0.635. The number of carbonyl (C=O) groups is 2. The Labute approximate surface area is 160 Å².